The van der Waals surface area contributed by atoms with E-state index in [0.29, 0.717) is 29.4 Å². The van der Waals surface area contributed by atoms with Crippen molar-refractivity contribution in [2.45, 2.75) is 45.3 Å². The molecule has 0 spiro atoms. The van der Waals surface area contributed by atoms with Crippen LogP contribution in [0.25, 0.3) is 0 Å². The molecular formula is C15H19ClO4. The second-order valence-corrected chi connectivity index (χ2v) is 5.68. The predicted molar refractivity (Wildman–Crippen MR) is 76.0 cm³/mol. The minimum absolute atomic E-state index is 0.0959. The van der Waals surface area contributed by atoms with Crippen molar-refractivity contribution in [3.05, 3.63) is 28.3 Å². The molecule has 1 aromatic rings. The number of halogens is 1. The second-order valence-electron chi connectivity index (χ2n) is 5.25. The number of ether oxygens (including phenoxy) is 2. The number of hydrogen-bond donors (Lipinski definition) is 1. The van der Waals surface area contributed by atoms with Gasteiger partial charge in [0.05, 0.1) is 19.1 Å². The van der Waals surface area contributed by atoms with E-state index in [1.807, 2.05) is 13.8 Å². The van der Waals surface area contributed by atoms with E-state index in [1.54, 1.807) is 19.1 Å². The van der Waals surface area contributed by atoms with Gasteiger partial charge in [-0.2, -0.15) is 0 Å². The summed E-state index contributed by atoms with van der Waals surface area (Å²) in [6.07, 6.45) is 0.0571. The maximum atomic E-state index is 11.7. The molecule has 0 fully saturated rings. The molecule has 4 nitrogen and oxygen atoms in total. The Morgan fingerprint density at radius 1 is 1.60 bits per heavy atom. The summed E-state index contributed by atoms with van der Waals surface area (Å²) >= 11 is 6.06. The Labute approximate surface area is 123 Å². The molecule has 0 saturated carbocycles. The van der Waals surface area contributed by atoms with Gasteiger partial charge in [-0.15, -0.1) is 0 Å². The first-order chi connectivity index (χ1) is 9.35. The molecule has 1 heterocycles. The lowest BCUT2D eigenvalue weighted by molar-refractivity contribution is -0.151. The van der Waals surface area contributed by atoms with Crippen LogP contribution in [0.3, 0.4) is 0 Å². The number of benzene rings is 1. The van der Waals surface area contributed by atoms with Crippen molar-refractivity contribution in [2.24, 2.45) is 0 Å². The van der Waals surface area contributed by atoms with Gasteiger partial charge in [0.25, 0.3) is 0 Å². The highest BCUT2D eigenvalue weighted by molar-refractivity contribution is 6.30. The fourth-order valence-electron chi connectivity index (χ4n) is 2.68. The summed E-state index contributed by atoms with van der Waals surface area (Å²) in [7, 11) is 0. The van der Waals surface area contributed by atoms with Gasteiger partial charge in [-0.3, -0.25) is 4.79 Å². The average molecular weight is 299 g/mol. The lowest BCUT2D eigenvalue weighted by Crippen LogP contribution is -2.39. The topological polar surface area (TPSA) is 55.8 Å². The molecule has 0 radical (unpaired) electrons. The van der Waals surface area contributed by atoms with Gasteiger partial charge in [0.15, 0.2) is 0 Å². The largest absolute Gasteiger partial charge is 0.490 e. The number of carbonyl (C=O) groups is 1. The van der Waals surface area contributed by atoms with Gasteiger partial charge in [0, 0.05) is 17.0 Å². The van der Waals surface area contributed by atoms with E-state index in [1.165, 1.54) is 0 Å². The first-order valence-electron chi connectivity index (χ1n) is 6.71. The Morgan fingerprint density at radius 3 is 2.95 bits per heavy atom. The van der Waals surface area contributed by atoms with Crippen LogP contribution in [0.1, 0.15) is 37.8 Å². The van der Waals surface area contributed by atoms with Crippen LogP contribution in [-0.2, 0) is 15.1 Å². The minimum Gasteiger partial charge on any atom is -0.490 e. The Bertz CT molecular complexity index is 529. The summed E-state index contributed by atoms with van der Waals surface area (Å²) in [5, 5.41) is 11.4. The highest BCUT2D eigenvalue weighted by Gasteiger charge is 2.41. The fraction of sp³-hybridized carbons (Fsp3) is 0.533. The Hall–Kier alpha value is -1.26. The molecule has 0 aromatic heterocycles. The normalized spacial score (nSPS) is 24.8. The molecule has 1 N–H and O–H groups in total. The van der Waals surface area contributed by atoms with Crippen LogP contribution in [0.2, 0.25) is 5.02 Å². The summed E-state index contributed by atoms with van der Waals surface area (Å²) < 4.78 is 10.7. The maximum absolute atomic E-state index is 11.7. The summed E-state index contributed by atoms with van der Waals surface area (Å²) in [5.41, 5.74) is 0.115. The quantitative estimate of drug-likeness (QED) is 0.872. The lowest BCUT2D eigenvalue weighted by Gasteiger charge is -2.38. The molecule has 0 aliphatic carbocycles. The molecule has 20 heavy (non-hydrogen) atoms. The minimum atomic E-state index is -1.30. The summed E-state index contributed by atoms with van der Waals surface area (Å²) in [6.45, 7) is 5.77. The van der Waals surface area contributed by atoms with Crippen LogP contribution >= 0.6 is 11.6 Å². The van der Waals surface area contributed by atoms with Gasteiger partial charge in [0.2, 0.25) is 0 Å². The number of esters is 1. The van der Waals surface area contributed by atoms with Gasteiger partial charge >= 0.3 is 5.97 Å². The van der Waals surface area contributed by atoms with Crippen LogP contribution in [0.5, 0.6) is 5.75 Å². The monoisotopic (exact) mass is 298 g/mol. The van der Waals surface area contributed by atoms with Crippen LogP contribution < -0.4 is 4.74 Å². The van der Waals surface area contributed by atoms with E-state index in [0.717, 1.165) is 5.56 Å². The zero-order valence-corrected chi connectivity index (χ0v) is 12.7. The number of aryl methyl sites for hydroxylation is 1. The summed E-state index contributed by atoms with van der Waals surface area (Å²) in [5.74, 6) is 0.188. The highest BCUT2D eigenvalue weighted by Crippen LogP contribution is 2.44. The number of fused-ring (bicyclic) bond motifs is 1. The number of rotatable bonds is 3. The van der Waals surface area contributed by atoms with Crippen molar-refractivity contribution in [3.63, 3.8) is 0 Å². The number of hydrogen-bond acceptors (Lipinski definition) is 4. The third-order valence-electron chi connectivity index (χ3n) is 3.43. The third-order valence-corrected chi connectivity index (χ3v) is 3.65. The van der Waals surface area contributed by atoms with E-state index in [4.69, 9.17) is 21.1 Å². The Morgan fingerprint density at radius 2 is 2.30 bits per heavy atom. The molecule has 1 aliphatic heterocycles. The van der Waals surface area contributed by atoms with Gasteiger partial charge in [-0.25, -0.2) is 0 Å². The van der Waals surface area contributed by atoms with Crippen molar-refractivity contribution in [1.82, 2.24) is 0 Å². The Balaban J connectivity index is 2.43. The zero-order chi connectivity index (χ0) is 14.9. The smallest absolute Gasteiger partial charge is 0.309 e. The van der Waals surface area contributed by atoms with Gasteiger partial charge in [-0.05, 0) is 38.5 Å². The van der Waals surface area contributed by atoms with E-state index in [-0.39, 0.29) is 12.5 Å². The zero-order valence-electron chi connectivity index (χ0n) is 11.9. The van der Waals surface area contributed by atoms with Crippen molar-refractivity contribution in [1.29, 1.82) is 0 Å². The molecule has 0 unspecified atom stereocenters. The number of carbonyl (C=O) groups excluding carboxylic acids is 1. The van der Waals surface area contributed by atoms with E-state index in [9.17, 15) is 9.90 Å². The molecule has 5 heteroatoms. The maximum Gasteiger partial charge on any atom is 0.309 e. The predicted octanol–water partition coefficient (Wildman–Crippen LogP) is 2.96. The van der Waals surface area contributed by atoms with Gasteiger partial charge in [0.1, 0.15) is 11.4 Å². The molecule has 2 atom stereocenters. The van der Waals surface area contributed by atoms with Crippen LogP contribution in [0.15, 0.2) is 12.1 Å². The number of aliphatic hydroxyl groups is 1. The standard InChI is InChI=1S/C15H19ClO4/c1-4-19-13(17)8-15(18)7-10(3)20-14-9(2)5-11(16)6-12(14)15/h5-6,10,18H,4,7-8H2,1-3H3/t10-,15-/m1/s1. The molecule has 0 amide bonds. The first kappa shape index (κ1) is 15.1. The van der Waals surface area contributed by atoms with Crippen molar-refractivity contribution in [2.75, 3.05) is 6.61 Å². The van der Waals surface area contributed by atoms with Crippen molar-refractivity contribution >= 4 is 17.6 Å². The van der Waals surface area contributed by atoms with Crippen LogP contribution in [0, 0.1) is 6.92 Å². The molecule has 1 aromatic carbocycles. The van der Waals surface area contributed by atoms with Gasteiger partial charge in [-0.1, -0.05) is 11.6 Å². The third kappa shape index (κ3) is 2.91. The molecule has 0 bridgehead atoms. The molecule has 1 aliphatic rings. The van der Waals surface area contributed by atoms with Crippen LogP contribution in [0.4, 0.5) is 0 Å². The first-order valence-corrected chi connectivity index (χ1v) is 7.09. The van der Waals surface area contributed by atoms with E-state index in [2.05, 4.69) is 0 Å². The molecule has 2 rings (SSSR count). The van der Waals surface area contributed by atoms with Crippen molar-refractivity contribution < 1.29 is 19.4 Å². The van der Waals surface area contributed by atoms with E-state index >= 15 is 0 Å². The highest BCUT2D eigenvalue weighted by atomic mass is 35.5. The fourth-order valence-corrected chi connectivity index (χ4v) is 2.95. The Kier molecular flexibility index (Phi) is 4.25. The van der Waals surface area contributed by atoms with Crippen molar-refractivity contribution in [3.8, 4) is 5.75 Å². The van der Waals surface area contributed by atoms with Crippen LogP contribution in [-0.4, -0.2) is 23.8 Å². The molecule has 110 valence electrons. The molecular weight excluding hydrogens is 280 g/mol. The molecule has 0 saturated heterocycles. The average Bonchev–Trinajstić information content (AvgIpc) is 2.30. The van der Waals surface area contributed by atoms with E-state index < -0.39 is 11.6 Å². The second kappa shape index (κ2) is 5.62. The van der Waals surface area contributed by atoms with Gasteiger partial charge < -0.3 is 14.6 Å². The summed E-state index contributed by atoms with van der Waals surface area (Å²) in [4.78, 5) is 11.7. The lowest BCUT2D eigenvalue weighted by atomic mass is 9.82. The SMILES string of the molecule is CCOC(=O)C[C@]1(O)C[C@@H](C)Oc2c(C)cc(Cl)cc21. The summed E-state index contributed by atoms with van der Waals surface area (Å²) in [6, 6.07) is 3.44.